The van der Waals surface area contributed by atoms with Crippen molar-refractivity contribution in [3.63, 3.8) is 0 Å². The van der Waals surface area contributed by atoms with Crippen LogP contribution in [0.5, 0.6) is 0 Å². The Hall–Kier alpha value is -0.190. The van der Waals surface area contributed by atoms with Crippen molar-refractivity contribution < 1.29 is 4.39 Å². The third-order valence-electron chi connectivity index (χ3n) is 1.47. The molecule has 0 aliphatic carbocycles. The molecule has 12 heavy (non-hydrogen) atoms. The highest BCUT2D eigenvalue weighted by atomic mass is 79.9. The lowest BCUT2D eigenvalue weighted by Crippen LogP contribution is -1.74. The predicted molar refractivity (Wildman–Crippen MR) is 52.3 cm³/mol. The van der Waals surface area contributed by atoms with E-state index in [0.29, 0.717) is 9.63 Å². The zero-order chi connectivity index (χ0) is 8.72. The molecular weight excluding hydrogens is 265 g/mol. The van der Waals surface area contributed by atoms with Crippen LogP contribution >= 0.6 is 39.1 Å². The molecule has 2 rings (SSSR count). The van der Waals surface area contributed by atoms with Crippen molar-refractivity contribution in [3.8, 4) is 0 Å². The average molecular weight is 267 g/mol. The van der Waals surface area contributed by atoms with Crippen LogP contribution in [-0.2, 0) is 0 Å². The summed E-state index contributed by atoms with van der Waals surface area (Å²) in [7, 11) is 0. The van der Waals surface area contributed by atoms with Crippen LogP contribution < -0.4 is 0 Å². The maximum Gasteiger partial charge on any atom is 0.150 e. The van der Waals surface area contributed by atoms with Crippen LogP contribution in [0, 0.1) is 5.82 Å². The minimum atomic E-state index is -0.289. The summed E-state index contributed by atoms with van der Waals surface area (Å²) < 4.78 is 18.0. The Balaban J connectivity index is 2.87. The Morgan fingerprint density at radius 3 is 3.00 bits per heavy atom. The summed E-state index contributed by atoms with van der Waals surface area (Å²) in [6, 6.07) is 3.06. The average Bonchev–Trinajstić information content (AvgIpc) is 2.35. The molecule has 1 heterocycles. The largest absolute Gasteiger partial charge is 0.206 e. The molecule has 0 radical (unpaired) electrons. The Bertz CT molecular complexity index is 442. The van der Waals surface area contributed by atoms with Crippen LogP contribution in [0.2, 0.25) is 5.15 Å². The number of hydrogen-bond donors (Lipinski definition) is 0. The summed E-state index contributed by atoms with van der Waals surface area (Å²) in [5.74, 6) is -0.289. The zero-order valence-electron chi connectivity index (χ0n) is 5.64. The van der Waals surface area contributed by atoms with Gasteiger partial charge in [-0.2, -0.15) is 4.37 Å². The highest BCUT2D eigenvalue weighted by molar-refractivity contribution is 9.10. The maximum atomic E-state index is 12.9. The van der Waals surface area contributed by atoms with Gasteiger partial charge in [-0.15, -0.1) is 0 Å². The molecule has 62 valence electrons. The number of halogens is 3. The van der Waals surface area contributed by atoms with Gasteiger partial charge in [0.2, 0.25) is 0 Å². The fraction of sp³-hybridized carbons (Fsp3) is 0. The number of aromatic nitrogens is 1. The Labute approximate surface area is 85.5 Å². The van der Waals surface area contributed by atoms with Gasteiger partial charge in [0, 0.05) is 5.39 Å². The highest BCUT2D eigenvalue weighted by Gasteiger charge is 2.07. The molecule has 0 saturated carbocycles. The summed E-state index contributed by atoms with van der Waals surface area (Å²) in [6.07, 6.45) is 0. The van der Waals surface area contributed by atoms with Crippen molar-refractivity contribution in [2.45, 2.75) is 0 Å². The van der Waals surface area contributed by atoms with E-state index >= 15 is 0 Å². The lowest BCUT2D eigenvalue weighted by molar-refractivity contribution is 0.623. The molecule has 2 aromatic rings. The van der Waals surface area contributed by atoms with E-state index in [0.717, 1.165) is 10.1 Å². The van der Waals surface area contributed by atoms with Crippen LogP contribution in [0.15, 0.2) is 16.6 Å². The van der Waals surface area contributed by atoms with Crippen molar-refractivity contribution in [3.05, 3.63) is 27.6 Å². The zero-order valence-corrected chi connectivity index (χ0v) is 8.80. The van der Waals surface area contributed by atoms with Gasteiger partial charge in [-0.3, -0.25) is 0 Å². The fourth-order valence-corrected chi connectivity index (χ4v) is 2.25. The van der Waals surface area contributed by atoms with Crippen molar-refractivity contribution in [2.75, 3.05) is 0 Å². The number of fused-ring (bicyclic) bond motifs is 1. The lowest BCUT2D eigenvalue weighted by Gasteiger charge is -1.93. The van der Waals surface area contributed by atoms with Crippen LogP contribution in [-0.4, -0.2) is 4.37 Å². The Morgan fingerprint density at radius 2 is 2.25 bits per heavy atom. The number of rotatable bonds is 0. The predicted octanol–water partition coefficient (Wildman–Crippen LogP) is 3.85. The second-order valence-corrected chi connectivity index (χ2v) is 4.25. The molecule has 0 saturated heterocycles. The van der Waals surface area contributed by atoms with Gasteiger partial charge in [0.15, 0.2) is 5.15 Å². The van der Waals surface area contributed by atoms with E-state index in [-0.39, 0.29) is 5.82 Å². The molecule has 0 aliphatic heterocycles. The molecular formula is C7H2BrClFNS. The van der Waals surface area contributed by atoms with Crippen molar-refractivity contribution in [1.82, 2.24) is 4.37 Å². The van der Waals surface area contributed by atoms with Gasteiger partial charge in [0.25, 0.3) is 0 Å². The van der Waals surface area contributed by atoms with Gasteiger partial charge in [0.1, 0.15) is 5.82 Å². The smallest absolute Gasteiger partial charge is 0.150 e. The van der Waals surface area contributed by atoms with Crippen molar-refractivity contribution >= 4 is 49.1 Å². The molecule has 0 fully saturated rings. The molecule has 1 aromatic carbocycles. The van der Waals surface area contributed by atoms with E-state index in [1.165, 1.54) is 17.6 Å². The summed E-state index contributed by atoms with van der Waals surface area (Å²) in [5.41, 5.74) is 0. The van der Waals surface area contributed by atoms with Crippen LogP contribution in [0.1, 0.15) is 0 Å². The number of hydrogen-bond acceptors (Lipinski definition) is 2. The van der Waals surface area contributed by atoms with Gasteiger partial charge in [-0.1, -0.05) is 11.6 Å². The minimum absolute atomic E-state index is 0.289. The SMILES string of the molecule is Fc1cc2snc(Cl)c2cc1Br. The van der Waals surface area contributed by atoms with Gasteiger partial charge in [-0.05, 0) is 39.6 Å². The summed E-state index contributed by atoms with van der Waals surface area (Å²) in [5, 5.41) is 1.21. The van der Waals surface area contributed by atoms with Crippen LogP contribution in [0.4, 0.5) is 4.39 Å². The Kier molecular flexibility index (Phi) is 2.06. The van der Waals surface area contributed by atoms with E-state index < -0.39 is 0 Å². The Morgan fingerprint density at radius 1 is 1.50 bits per heavy atom. The molecule has 0 N–H and O–H groups in total. The van der Waals surface area contributed by atoms with Gasteiger partial charge in [0.05, 0.1) is 9.17 Å². The van der Waals surface area contributed by atoms with Gasteiger partial charge < -0.3 is 0 Å². The molecule has 0 amide bonds. The van der Waals surface area contributed by atoms with Crippen molar-refractivity contribution in [1.29, 1.82) is 0 Å². The first kappa shape index (κ1) is 8.41. The van der Waals surface area contributed by atoms with Crippen LogP contribution in [0.3, 0.4) is 0 Å². The first-order chi connectivity index (χ1) is 5.68. The quantitative estimate of drug-likeness (QED) is 0.706. The third kappa shape index (κ3) is 1.24. The monoisotopic (exact) mass is 265 g/mol. The van der Waals surface area contributed by atoms with E-state index in [1.807, 2.05) is 0 Å². The van der Waals surface area contributed by atoms with Gasteiger partial charge >= 0.3 is 0 Å². The minimum Gasteiger partial charge on any atom is -0.206 e. The standard InChI is InChI=1S/C7H2BrClFNS/c8-4-1-3-6(2-5(4)10)12-11-7(3)9/h1-2H. The third-order valence-corrected chi connectivity index (χ3v) is 3.27. The second kappa shape index (κ2) is 2.94. The first-order valence-corrected chi connectivity index (χ1v) is 5.03. The topological polar surface area (TPSA) is 12.9 Å². The number of benzene rings is 1. The molecule has 1 aromatic heterocycles. The molecule has 0 bridgehead atoms. The molecule has 0 atom stereocenters. The maximum absolute atomic E-state index is 12.9. The van der Waals surface area contributed by atoms with E-state index in [9.17, 15) is 4.39 Å². The fourth-order valence-electron chi connectivity index (χ4n) is 0.904. The lowest BCUT2D eigenvalue weighted by atomic mass is 10.3. The van der Waals surface area contributed by atoms with E-state index in [4.69, 9.17) is 11.6 Å². The summed E-state index contributed by atoms with van der Waals surface area (Å²) in [4.78, 5) is 0. The molecule has 0 spiro atoms. The van der Waals surface area contributed by atoms with E-state index in [2.05, 4.69) is 20.3 Å². The summed E-state index contributed by atoms with van der Waals surface area (Å²) >= 11 is 10.0. The number of nitrogens with zero attached hydrogens (tertiary/aromatic N) is 1. The molecule has 1 nitrogen and oxygen atoms in total. The molecule has 0 aliphatic rings. The normalized spacial score (nSPS) is 10.9. The molecule has 0 unspecified atom stereocenters. The highest BCUT2D eigenvalue weighted by Crippen LogP contribution is 2.30. The van der Waals surface area contributed by atoms with Crippen molar-refractivity contribution in [2.24, 2.45) is 0 Å². The first-order valence-electron chi connectivity index (χ1n) is 3.08. The van der Waals surface area contributed by atoms with Crippen LogP contribution in [0.25, 0.3) is 10.1 Å². The summed E-state index contributed by atoms with van der Waals surface area (Å²) in [6.45, 7) is 0. The second-order valence-electron chi connectivity index (χ2n) is 2.24. The molecule has 5 heteroatoms. The van der Waals surface area contributed by atoms with E-state index in [1.54, 1.807) is 6.07 Å². The van der Waals surface area contributed by atoms with Gasteiger partial charge in [-0.25, -0.2) is 4.39 Å².